The molecule has 0 radical (unpaired) electrons. The van der Waals surface area contributed by atoms with Crippen molar-refractivity contribution in [3.63, 3.8) is 0 Å². The molecule has 0 bridgehead atoms. The predicted octanol–water partition coefficient (Wildman–Crippen LogP) is 5.47. The second-order valence-corrected chi connectivity index (χ2v) is 6.32. The first-order valence-electron chi connectivity index (χ1n) is 2.14. The van der Waals surface area contributed by atoms with Crippen LogP contribution in [0.2, 0.25) is 0 Å². The van der Waals surface area contributed by atoms with E-state index >= 15 is 0 Å². The van der Waals surface area contributed by atoms with Gasteiger partial charge >= 0.3 is 9.43 Å². The highest BCUT2D eigenvalue weighted by Crippen LogP contribution is 2.44. The van der Waals surface area contributed by atoms with Crippen LogP contribution in [0.15, 0.2) is 0 Å². The molecule has 0 saturated heterocycles. The minimum absolute atomic E-state index is 2.58. The number of hydrogen-bond acceptors (Lipinski definition) is 0. The lowest BCUT2D eigenvalue weighted by Gasteiger charge is -2.15. The van der Waals surface area contributed by atoms with Gasteiger partial charge in [0.05, 0.1) is 0 Å². The Morgan fingerprint density at radius 1 is 0.615 bits per heavy atom. The van der Waals surface area contributed by atoms with E-state index in [0.717, 1.165) is 0 Å². The molecule has 0 nitrogen and oxygen atoms in total. The molecule has 0 aromatic carbocycles. The predicted molar refractivity (Wildman–Crippen MR) is 52.5 cm³/mol. The van der Waals surface area contributed by atoms with Gasteiger partial charge in [-0.3, -0.25) is 0 Å². The zero-order valence-electron chi connectivity index (χ0n) is 5.28. The Morgan fingerprint density at radius 2 is 0.692 bits per heavy atom. The number of halogens is 10. The summed E-state index contributed by atoms with van der Waals surface area (Å²) in [7, 11) is 0. The summed E-state index contributed by atoms with van der Waals surface area (Å²) in [6.45, 7) is 0. The topological polar surface area (TPSA) is 0 Å². The molecule has 0 saturated carbocycles. The van der Waals surface area contributed by atoms with Crippen molar-refractivity contribution in [3.05, 3.63) is 0 Å². The molecule has 13 heavy (non-hydrogen) atoms. The molecule has 82 valence electrons. The van der Waals surface area contributed by atoms with E-state index in [1.54, 1.807) is 0 Å². The number of hydrogen-bond donors (Lipinski definition) is 0. The van der Waals surface area contributed by atoms with Gasteiger partial charge in [-0.15, -0.1) is 0 Å². The third-order valence-corrected chi connectivity index (χ3v) is 1.61. The molecule has 0 aliphatic heterocycles. The zero-order valence-corrected chi connectivity index (χ0v) is 10.6. The quantitative estimate of drug-likeness (QED) is 0.513. The third kappa shape index (κ3) is 16.5. The van der Waals surface area contributed by atoms with Crippen molar-refractivity contribution >= 4 is 81.2 Å². The van der Waals surface area contributed by atoms with Gasteiger partial charge in [0.15, 0.2) is 0 Å². The molecule has 0 N–H and O–H groups in total. The molecule has 0 unspecified atom stereocenters. The first-order chi connectivity index (χ1) is 5.25. The fourth-order valence-electron chi connectivity index (χ4n) is 0. The van der Waals surface area contributed by atoms with Crippen LogP contribution in [0.3, 0.4) is 0 Å². The van der Waals surface area contributed by atoms with Gasteiger partial charge in [-0.2, -0.15) is 13.2 Å². The lowest BCUT2D eigenvalue weighted by Crippen LogP contribution is -2.26. The van der Waals surface area contributed by atoms with Gasteiger partial charge in [-0.25, -0.2) is 0 Å². The van der Waals surface area contributed by atoms with Gasteiger partial charge in [0.25, 0.3) is 3.79 Å². The highest BCUT2D eigenvalue weighted by molar-refractivity contribution is 6.70. The molecule has 0 atom stereocenters. The molecule has 0 heterocycles. The maximum absolute atomic E-state index is 11.6. The summed E-state index contributed by atoms with van der Waals surface area (Å²) in [5.41, 5.74) is 0. The minimum atomic E-state index is -3.79. The van der Waals surface area contributed by atoms with Crippen LogP contribution in [-0.4, -0.2) is 13.2 Å². The van der Waals surface area contributed by atoms with Crippen LogP contribution in [-0.2, 0) is 0 Å². The minimum Gasteiger partial charge on any atom is -0.189 e. The van der Waals surface area contributed by atoms with Crippen molar-refractivity contribution in [1.82, 2.24) is 0 Å². The largest absolute Gasteiger partial charge is 0.368 e. The fraction of sp³-hybridized carbons (Fsp3) is 1.00. The van der Waals surface area contributed by atoms with E-state index < -0.39 is 13.2 Å². The van der Waals surface area contributed by atoms with Crippen molar-refractivity contribution in [3.8, 4) is 0 Å². The fourth-order valence-corrected chi connectivity index (χ4v) is 0. The van der Waals surface area contributed by atoms with Crippen molar-refractivity contribution in [2.45, 2.75) is 13.2 Å². The van der Waals surface area contributed by atoms with Crippen LogP contribution in [0, 0.1) is 0 Å². The third-order valence-electron chi connectivity index (χ3n) is 0.321. The molecule has 0 fully saturated rings. The van der Waals surface area contributed by atoms with Crippen molar-refractivity contribution < 1.29 is 13.2 Å². The van der Waals surface area contributed by atoms with Gasteiger partial charge in [0.1, 0.15) is 0 Å². The molecule has 0 amide bonds. The smallest absolute Gasteiger partial charge is 0.189 e. The summed E-state index contributed by atoms with van der Waals surface area (Å²) in [5.74, 6) is 0. The Kier molecular flexibility index (Phi) is 7.66. The van der Waals surface area contributed by atoms with E-state index in [2.05, 4.69) is 81.2 Å². The van der Waals surface area contributed by atoms with E-state index in [9.17, 15) is 13.2 Å². The second kappa shape index (κ2) is 5.78. The highest BCUT2D eigenvalue weighted by atomic mass is 35.6. The van der Waals surface area contributed by atoms with Crippen LogP contribution >= 0.6 is 81.2 Å². The number of alkyl halides is 10. The van der Waals surface area contributed by atoms with E-state index in [1.807, 2.05) is 0 Å². The van der Waals surface area contributed by atoms with E-state index in [-0.39, 0.29) is 0 Å². The monoisotopic (exact) mass is 338 g/mol. The Hall–Kier alpha value is 1.82. The van der Waals surface area contributed by atoms with Gasteiger partial charge in [0, 0.05) is 0 Å². The summed E-state index contributed by atoms with van der Waals surface area (Å²) in [6.07, 6.45) is 0. The Balaban J connectivity index is 0. The summed E-state index contributed by atoms with van der Waals surface area (Å²) in [4.78, 5) is 0. The lowest BCUT2D eigenvalue weighted by molar-refractivity contribution is 0.101. The van der Waals surface area contributed by atoms with Gasteiger partial charge < -0.3 is 0 Å². The molecule has 0 aromatic heterocycles. The summed E-state index contributed by atoms with van der Waals surface area (Å²) >= 11 is 31.4. The molecule has 0 rings (SSSR count). The average molecular weight is 341 g/mol. The second-order valence-electron chi connectivity index (χ2n) is 1.42. The van der Waals surface area contributed by atoms with Gasteiger partial charge in [-0.05, 0) is 46.4 Å². The molecular weight excluding hydrogens is 341 g/mol. The molecule has 0 spiro atoms. The van der Waals surface area contributed by atoms with Gasteiger partial charge in [0.2, 0.25) is 0 Å². The summed E-state index contributed by atoms with van der Waals surface area (Å²) in [5, 5.41) is -3.79. The maximum Gasteiger partial charge on any atom is 0.368 e. The average Bonchev–Trinajstić information content (AvgIpc) is 1.50. The molecule has 0 aliphatic carbocycles. The highest BCUT2D eigenvalue weighted by Gasteiger charge is 2.48. The first kappa shape index (κ1) is 17.2. The summed E-state index contributed by atoms with van der Waals surface area (Å²) in [6, 6.07) is 0. The standard InChI is InChI=1S/C2Cl4F2.CCl3F/c3-1(4,5)2(6,7)8;2-1(3,4)5. The Labute approximate surface area is 107 Å². The Morgan fingerprint density at radius 3 is 0.692 bits per heavy atom. The molecule has 0 aromatic rings. The molecular formula is C3Cl7F3. The zero-order chi connectivity index (χ0) is 11.5. The van der Waals surface area contributed by atoms with Crippen molar-refractivity contribution in [1.29, 1.82) is 0 Å². The Bertz CT molecular complexity index is 123. The van der Waals surface area contributed by atoms with Crippen LogP contribution in [0.4, 0.5) is 13.2 Å². The maximum atomic E-state index is 11.6. The van der Waals surface area contributed by atoms with Crippen LogP contribution in [0.1, 0.15) is 0 Å². The van der Waals surface area contributed by atoms with E-state index in [1.165, 1.54) is 0 Å². The van der Waals surface area contributed by atoms with Gasteiger partial charge in [-0.1, -0.05) is 34.8 Å². The van der Waals surface area contributed by atoms with Crippen molar-refractivity contribution in [2.24, 2.45) is 0 Å². The van der Waals surface area contributed by atoms with E-state index in [4.69, 9.17) is 0 Å². The molecule has 0 aliphatic rings. The van der Waals surface area contributed by atoms with Crippen LogP contribution in [0.5, 0.6) is 0 Å². The SMILES string of the molecule is FC(Cl)(Cl)Cl.FC(F)(Cl)C(Cl)(Cl)Cl. The van der Waals surface area contributed by atoms with Crippen LogP contribution in [0.25, 0.3) is 0 Å². The summed E-state index contributed by atoms with van der Waals surface area (Å²) < 4.78 is 28.9. The first-order valence-corrected chi connectivity index (χ1v) is 4.79. The molecule has 10 heteroatoms. The van der Waals surface area contributed by atoms with E-state index in [0.29, 0.717) is 0 Å². The van der Waals surface area contributed by atoms with Crippen LogP contribution < -0.4 is 0 Å². The number of rotatable bonds is 0. The van der Waals surface area contributed by atoms with Crippen molar-refractivity contribution in [2.75, 3.05) is 0 Å². The normalized spacial score (nSPS) is 13.4. The lowest BCUT2D eigenvalue weighted by atomic mass is 10.8.